The number of hydrogen-bond donors (Lipinski definition) is 2. The second-order valence-electron chi connectivity index (χ2n) is 10.5. The molecular formula is C28H43NO10. The number of nitrogens with one attached hydrogen (secondary N) is 1. The van der Waals surface area contributed by atoms with Crippen LogP contribution in [0.2, 0.25) is 0 Å². The number of benzene rings is 1. The third kappa shape index (κ3) is 14.4. The average Bonchev–Trinajstić information content (AvgIpc) is 2.82. The van der Waals surface area contributed by atoms with Crippen molar-refractivity contribution in [2.45, 2.75) is 79.9 Å². The first kappa shape index (κ1) is 33.7. The molecule has 11 nitrogen and oxygen atoms in total. The highest BCUT2D eigenvalue weighted by Crippen LogP contribution is 2.30. The first-order chi connectivity index (χ1) is 18.3. The predicted molar refractivity (Wildman–Crippen MR) is 143 cm³/mol. The molecule has 0 spiro atoms. The molecule has 0 fully saturated rings. The first-order valence-corrected chi connectivity index (χ1v) is 13.3. The zero-order chi connectivity index (χ0) is 29.5. The van der Waals surface area contributed by atoms with E-state index in [-0.39, 0.29) is 49.6 Å². The number of carboxylic acid groups (broad SMARTS) is 1. The molecule has 1 aromatic rings. The fourth-order valence-corrected chi connectivity index (χ4v) is 3.00. The first-order valence-electron chi connectivity index (χ1n) is 13.3. The van der Waals surface area contributed by atoms with Crippen LogP contribution in [0.3, 0.4) is 0 Å². The predicted octanol–water partition coefficient (Wildman–Crippen LogP) is 4.98. The van der Waals surface area contributed by atoms with Crippen molar-refractivity contribution in [1.29, 1.82) is 0 Å². The summed E-state index contributed by atoms with van der Waals surface area (Å²) in [7, 11) is 0. The number of carbonyl (C=O) groups is 4. The molecule has 0 heterocycles. The van der Waals surface area contributed by atoms with Gasteiger partial charge in [0.1, 0.15) is 12.1 Å². The van der Waals surface area contributed by atoms with E-state index in [9.17, 15) is 24.3 Å². The maximum atomic E-state index is 12.3. The van der Waals surface area contributed by atoms with Crippen molar-refractivity contribution in [1.82, 2.24) is 5.32 Å². The molecule has 0 aliphatic rings. The molecule has 1 rings (SSSR count). The maximum absolute atomic E-state index is 12.3. The van der Waals surface area contributed by atoms with E-state index in [1.165, 1.54) is 12.1 Å². The SMILES string of the molecule is CC(C)CCOC(=O)Oc1ccc(C[C@H](NCC(C)OC(=O)C(C)C)C(=O)O)cc1OC(=O)OCCC(C)C. The van der Waals surface area contributed by atoms with Crippen molar-refractivity contribution in [2.24, 2.45) is 17.8 Å². The molecule has 2 N–H and O–H groups in total. The smallest absolute Gasteiger partial charge is 0.480 e. The van der Waals surface area contributed by atoms with Crippen LogP contribution in [0, 0.1) is 17.8 Å². The van der Waals surface area contributed by atoms with Crippen LogP contribution in [-0.4, -0.2) is 61.3 Å². The monoisotopic (exact) mass is 553 g/mol. The maximum Gasteiger partial charge on any atom is 0.513 e. The quantitative estimate of drug-likeness (QED) is 0.162. The number of esters is 1. The van der Waals surface area contributed by atoms with Gasteiger partial charge in [-0.3, -0.25) is 9.59 Å². The highest BCUT2D eigenvalue weighted by Gasteiger charge is 2.23. The van der Waals surface area contributed by atoms with Gasteiger partial charge in [-0.25, -0.2) is 9.59 Å². The Kier molecular flexibility index (Phi) is 14.9. The minimum atomic E-state index is -1.12. The van der Waals surface area contributed by atoms with Crippen LogP contribution in [0.4, 0.5) is 9.59 Å². The van der Waals surface area contributed by atoms with Crippen molar-refractivity contribution < 1.29 is 48.0 Å². The lowest BCUT2D eigenvalue weighted by Crippen LogP contribution is -2.43. The topological polar surface area (TPSA) is 147 Å². The zero-order valence-electron chi connectivity index (χ0n) is 24.0. The number of carboxylic acids is 1. The van der Waals surface area contributed by atoms with Crippen LogP contribution in [0.25, 0.3) is 0 Å². The van der Waals surface area contributed by atoms with E-state index >= 15 is 0 Å². The van der Waals surface area contributed by atoms with Crippen molar-refractivity contribution in [2.75, 3.05) is 19.8 Å². The molecule has 2 atom stereocenters. The molecule has 39 heavy (non-hydrogen) atoms. The van der Waals surface area contributed by atoms with Gasteiger partial charge in [-0.2, -0.15) is 0 Å². The minimum Gasteiger partial charge on any atom is -0.480 e. The number of hydrogen-bond acceptors (Lipinski definition) is 10. The number of aliphatic carboxylic acids is 1. The molecule has 11 heteroatoms. The highest BCUT2D eigenvalue weighted by molar-refractivity contribution is 5.74. The summed E-state index contributed by atoms with van der Waals surface area (Å²) in [5, 5.41) is 12.6. The van der Waals surface area contributed by atoms with E-state index in [0.717, 1.165) is 0 Å². The molecule has 0 saturated heterocycles. The Morgan fingerprint density at radius 2 is 1.36 bits per heavy atom. The number of carbonyl (C=O) groups excluding carboxylic acids is 3. The molecule has 0 amide bonds. The lowest BCUT2D eigenvalue weighted by Gasteiger charge is -2.20. The summed E-state index contributed by atoms with van der Waals surface area (Å²) in [6.07, 6.45) is -1.21. The fourth-order valence-electron chi connectivity index (χ4n) is 3.00. The van der Waals surface area contributed by atoms with E-state index in [0.29, 0.717) is 30.2 Å². The Bertz CT molecular complexity index is 944. The molecule has 1 unspecified atom stereocenters. The molecule has 0 aliphatic carbocycles. The van der Waals surface area contributed by atoms with Crippen LogP contribution >= 0.6 is 0 Å². The van der Waals surface area contributed by atoms with Crippen LogP contribution in [0.5, 0.6) is 11.5 Å². The number of ether oxygens (including phenoxy) is 5. The normalized spacial score (nSPS) is 12.7. The fraction of sp³-hybridized carbons (Fsp3) is 0.643. The summed E-state index contributed by atoms with van der Waals surface area (Å²) in [6, 6.07) is 3.30. The van der Waals surface area contributed by atoms with E-state index in [4.69, 9.17) is 23.7 Å². The van der Waals surface area contributed by atoms with Gasteiger partial charge in [0.2, 0.25) is 0 Å². The second kappa shape index (κ2) is 17.3. The van der Waals surface area contributed by atoms with Gasteiger partial charge in [0.05, 0.1) is 19.1 Å². The summed E-state index contributed by atoms with van der Waals surface area (Å²) >= 11 is 0. The highest BCUT2D eigenvalue weighted by atomic mass is 16.7. The summed E-state index contributed by atoms with van der Waals surface area (Å²) in [5.41, 5.74) is 0.479. The molecule has 1 aromatic carbocycles. The van der Waals surface area contributed by atoms with Gasteiger partial charge in [-0.1, -0.05) is 47.6 Å². The minimum absolute atomic E-state index is 0.00193. The third-order valence-electron chi connectivity index (χ3n) is 5.40. The zero-order valence-corrected chi connectivity index (χ0v) is 24.0. The van der Waals surface area contributed by atoms with Crippen LogP contribution < -0.4 is 14.8 Å². The van der Waals surface area contributed by atoms with Crippen LogP contribution in [0.1, 0.15) is 66.9 Å². The molecule has 220 valence electrons. The average molecular weight is 554 g/mol. The summed E-state index contributed by atoms with van der Waals surface area (Å²) in [5.74, 6) is -1.35. The molecule has 0 bridgehead atoms. The van der Waals surface area contributed by atoms with Gasteiger partial charge >= 0.3 is 24.2 Å². The standard InChI is InChI=1S/C28H43NO10/c1-17(2)10-12-35-27(33)38-23-9-8-21(15-24(23)39-28(34)36-13-11-18(3)4)14-22(25(30)31)29-16-20(7)37-26(32)19(5)6/h8-9,15,17-20,22,29H,10-14,16H2,1-7H3,(H,30,31)/t20?,22-/m0/s1. The Balaban J connectivity index is 2.99. The molecule has 0 aliphatic heterocycles. The summed E-state index contributed by atoms with van der Waals surface area (Å²) in [4.78, 5) is 48.1. The Morgan fingerprint density at radius 3 is 1.85 bits per heavy atom. The Morgan fingerprint density at radius 1 is 0.821 bits per heavy atom. The molecule has 0 aromatic heterocycles. The van der Waals surface area contributed by atoms with Crippen molar-refractivity contribution >= 4 is 24.2 Å². The van der Waals surface area contributed by atoms with E-state index in [1.807, 2.05) is 27.7 Å². The van der Waals surface area contributed by atoms with E-state index in [2.05, 4.69) is 5.32 Å². The van der Waals surface area contributed by atoms with Gasteiger partial charge < -0.3 is 34.1 Å². The van der Waals surface area contributed by atoms with Gasteiger partial charge in [-0.05, 0) is 55.7 Å². The summed E-state index contributed by atoms with van der Waals surface area (Å²) < 4.78 is 26.0. The van der Waals surface area contributed by atoms with E-state index < -0.39 is 30.4 Å². The summed E-state index contributed by atoms with van der Waals surface area (Å²) in [6.45, 7) is 13.5. The van der Waals surface area contributed by atoms with Gasteiger partial charge in [-0.15, -0.1) is 0 Å². The number of rotatable bonds is 16. The van der Waals surface area contributed by atoms with Gasteiger partial charge in [0, 0.05) is 6.54 Å². The largest absolute Gasteiger partial charge is 0.513 e. The Labute approximate surface area is 230 Å². The second-order valence-corrected chi connectivity index (χ2v) is 10.5. The molecule has 0 saturated carbocycles. The van der Waals surface area contributed by atoms with Crippen LogP contribution in [0.15, 0.2) is 18.2 Å². The lowest BCUT2D eigenvalue weighted by atomic mass is 10.0. The van der Waals surface area contributed by atoms with Crippen LogP contribution in [-0.2, 0) is 30.2 Å². The lowest BCUT2D eigenvalue weighted by molar-refractivity contribution is -0.151. The van der Waals surface area contributed by atoms with Gasteiger partial charge in [0.15, 0.2) is 11.5 Å². The molecular weight excluding hydrogens is 510 g/mol. The van der Waals surface area contributed by atoms with Crippen molar-refractivity contribution in [3.05, 3.63) is 23.8 Å². The third-order valence-corrected chi connectivity index (χ3v) is 5.40. The van der Waals surface area contributed by atoms with Gasteiger partial charge in [0.25, 0.3) is 0 Å². The Hall–Kier alpha value is -3.34. The van der Waals surface area contributed by atoms with Crippen molar-refractivity contribution in [3.8, 4) is 11.5 Å². The molecule has 0 radical (unpaired) electrons. The van der Waals surface area contributed by atoms with Crippen molar-refractivity contribution in [3.63, 3.8) is 0 Å². The van der Waals surface area contributed by atoms with E-state index in [1.54, 1.807) is 26.8 Å².